The summed E-state index contributed by atoms with van der Waals surface area (Å²) >= 11 is 0. The van der Waals surface area contributed by atoms with Crippen LogP contribution in [0.1, 0.15) is 31.7 Å². The summed E-state index contributed by atoms with van der Waals surface area (Å²) in [5, 5.41) is 9.93. The van der Waals surface area contributed by atoms with Gasteiger partial charge in [0.05, 0.1) is 12.1 Å². The molecule has 5 nitrogen and oxygen atoms in total. The van der Waals surface area contributed by atoms with E-state index >= 15 is 0 Å². The Morgan fingerprint density at radius 1 is 1.24 bits per heavy atom. The zero-order chi connectivity index (χ0) is 17.9. The number of nitrogens with zero attached hydrogens (tertiary/aromatic N) is 2. The highest BCUT2D eigenvalue weighted by Crippen LogP contribution is 2.48. The fourth-order valence-electron chi connectivity index (χ4n) is 4.58. The van der Waals surface area contributed by atoms with Gasteiger partial charge in [0.25, 0.3) is 0 Å². The lowest BCUT2D eigenvalue weighted by molar-refractivity contribution is -0.140. The van der Waals surface area contributed by atoms with Crippen molar-refractivity contribution in [2.75, 3.05) is 40.0 Å². The van der Waals surface area contributed by atoms with Crippen LogP contribution in [0.2, 0.25) is 0 Å². The second-order valence-corrected chi connectivity index (χ2v) is 8.01. The van der Waals surface area contributed by atoms with Gasteiger partial charge in [0.1, 0.15) is 6.61 Å². The molecule has 1 aromatic carbocycles. The van der Waals surface area contributed by atoms with Crippen LogP contribution in [0.15, 0.2) is 30.3 Å². The molecule has 1 spiro atoms. The van der Waals surface area contributed by atoms with Gasteiger partial charge in [-0.2, -0.15) is 0 Å². The number of carbonyl (C=O) groups is 1. The maximum atomic E-state index is 12.4. The van der Waals surface area contributed by atoms with Crippen LogP contribution in [-0.2, 0) is 16.1 Å². The minimum absolute atomic E-state index is 0.0114. The molecule has 1 unspecified atom stereocenters. The number of rotatable bonds is 5. The van der Waals surface area contributed by atoms with E-state index in [0.29, 0.717) is 0 Å². The molecule has 0 saturated carbocycles. The van der Waals surface area contributed by atoms with Crippen LogP contribution < -0.4 is 0 Å². The Morgan fingerprint density at radius 2 is 1.92 bits per heavy atom. The lowest BCUT2D eigenvalue weighted by Crippen LogP contribution is -2.49. The number of piperidine rings is 1. The van der Waals surface area contributed by atoms with E-state index < -0.39 is 5.54 Å². The van der Waals surface area contributed by atoms with Crippen LogP contribution in [0.5, 0.6) is 0 Å². The lowest BCUT2D eigenvalue weighted by Gasteiger charge is -2.39. The van der Waals surface area contributed by atoms with E-state index in [9.17, 15) is 9.90 Å². The fourth-order valence-corrected chi connectivity index (χ4v) is 4.58. The number of ether oxygens (including phenoxy) is 1. The summed E-state index contributed by atoms with van der Waals surface area (Å²) in [5.74, 6) is -0.0114. The maximum Gasteiger partial charge on any atom is 0.249 e. The summed E-state index contributed by atoms with van der Waals surface area (Å²) in [6, 6.07) is 10.6. The van der Waals surface area contributed by atoms with Gasteiger partial charge in [-0.15, -0.1) is 0 Å². The van der Waals surface area contributed by atoms with Crippen LogP contribution in [-0.4, -0.2) is 66.3 Å². The molecule has 2 aliphatic heterocycles. The van der Waals surface area contributed by atoms with Crippen molar-refractivity contribution in [3.63, 3.8) is 0 Å². The Hall–Kier alpha value is -1.43. The average molecular weight is 346 g/mol. The van der Waals surface area contributed by atoms with Crippen molar-refractivity contribution in [3.8, 4) is 0 Å². The Morgan fingerprint density at radius 3 is 2.52 bits per heavy atom. The highest BCUT2D eigenvalue weighted by atomic mass is 16.5. The first-order chi connectivity index (χ1) is 12.0. The predicted octanol–water partition coefficient (Wildman–Crippen LogP) is 1.90. The average Bonchev–Trinajstić information content (AvgIpc) is 2.92. The SMILES string of the molecule is COCC(=O)N1CC2(CCN(Cc3ccccc3)CC2)CC1(C)CO. The Bertz CT molecular complexity index is 584. The first kappa shape index (κ1) is 18.4. The monoisotopic (exact) mass is 346 g/mol. The lowest BCUT2D eigenvalue weighted by atomic mass is 9.74. The molecule has 0 aliphatic carbocycles. The molecule has 25 heavy (non-hydrogen) atoms. The number of aliphatic hydroxyl groups excluding tert-OH is 1. The third kappa shape index (κ3) is 3.89. The molecule has 5 heteroatoms. The maximum absolute atomic E-state index is 12.4. The normalized spacial score (nSPS) is 26.3. The Labute approximate surface area is 150 Å². The van der Waals surface area contributed by atoms with E-state index in [1.807, 2.05) is 11.8 Å². The van der Waals surface area contributed by atoms with Crippen LogP contribution in [0, 0.1) is 5.41 Å². The molecule has 0 radical (unpaired) electrons. The smallest absolute Gasteiger partial charge is 0.249 e. The molecule has 3 rings (SSSR count). The second kappa shape index (κ2) is 7.44. The minimum atomic E-state index is -0.461. The van der Waals surface area contributed by atoms with Crippen molar-refractivity contribution < 1.29 is 14.6 Å². The van der Waals surface area contributed by atoms with Crippen molar-refractivity contribution in [2.45, 2.75) is 38.3 Å². The number of likely N-dealkylation sites (tertiary alicyclic amines) is 2. The first-order valence-electron chi connectivity index (χ1n) is 9.17. The van der Waals surface area contributed by atoms with E-state index in [1.54, 1.807) is 7.11 Å². The molecule has 0 bridgehead atoms. The topological polar surface area (TPSA) is 53.0 Å². The number of hydrogen-bond donors (Lipinski definition) is 1. The molecule has 2 fully saturated rings. The quantitative estimate of drug-likeness (QED) is 0.885. The fraction of sp³-hybridized carbons (Fsp3) is 0.650. The number of aliphatic hydroxyl groups is 1. The zero-order valence-electron chi connectivity index (χ0n) is 15.4. The van der Waals surface area contributed by atoms with Gasteiger partial charge in [-0.25, -0.2) is 0 Å². The van der Waals surface area contributed by atoms with Gasteiger partial charge in [-0.3, -0.25) is 9.69 Å². The van der Waals surface area contributed by atoms with Crippen molar-refractivity contribution in [1.29, 1.82) is 0 Å². The number of amides is 1. The van der Waals surface area contributed by atoms with Crippen molar-refractivity contribution in [3.05, 3.63) is 35.9 Å². The number of carbonyl (C=O) groups excluding carboxylic acids is 1. The Kier molecular flexibility index (Phi) is 5.46. The number of benzene rings is 1. The number of hydrogen-bond acceptors (Lipinski definition) is 4. The van der Waals surface area contributed by atoms with Gasteiger partial charge in [0, 0.05) is 20.2 Å². The third-order valence-electron chi connectivity index (χ3n) is 5.98. The van der Waals surface area contributed by atoms with Gasteiger partial charge >= 0.3 is 0 Å². The summed E-state index contributed by atoms with van der Waals surface area (Å²) in [4.78, 5) is 16.8. The zero-order valence-corrected chi connectivity index (χ0v) is 15.4. The van der Waals surface area contributed by atoms with E-state index in [2.05, 4.69) is 35.2 Å². The van der Waals surface area contributed by atoms with Crippen molar-refractivity contribution in [1.82, 2.24) is 9.80 Å². The molecule has 2 heterocycles. The first-order valence-corrected chi connectivity index (χ1v) is 9.17. The molecule has 2 aliphatic rings. The van der Waals surface area contributed by atoms with Crippen LogP contribution in [0.4, 0.5) is 0 Å². The van der Waals surface area contributed by atoms with E-state index in [4.69, 9.17) is 4.74 Å². The Balaban J connectivity index is 1.63. The summed E-state index contributed by atoms with van der Waals surface area (Å²) in [5.41, 5.74) is 1.02. The van der Waals surface area contributed by atoms with E-state index in [-0.39, 0.29) is 24.5 Å². The summed E-state index contributed by atoms with van der Waals surface area (Å²) < 4.78 is 5.03. The third-order valence-corrected chi connectivity index (χ3v) is 5.98. The van der Waals surface area contributed by atoms with Crippen LogP contribution in [0.25, 0.3) is 0 Å². The molecular formula is C20H30N2O3. The molecule has 1 aromatic rings. The molecule has 138 valence electrons. The van der Waals surface area contributed by atoms with Crippen LogP contribution in [0.3, 0.4) is 0 Å². The molecule has 2 saturated heterocycles. The van der Waals surface area contributed by atoms with Gasteiger partial charge in [0.2, 0.25) is 5.91 Å². The highest BCUT2D eigenvalue weighted by Gasteiger charge is 2.52. The molecule has 1 atom stereocenters. The van der Waals surface area contributed by atoms with Crippen molar-refractivity contribution in [2.24, 2.45) is 5.41 Å². The van der Waals surface area contributed by atoms with Crippen LogP contribution >= 0.6 is 0 Å². The molecule has 0 aromatic heterocycles. The van der Waals surface area contributed by atoms with Gasteiger partial charge in [-0.1, -0.05) is 30.3 Å². The van der Waals surface area contributed by atoms with E-state index in [1.165, 1.54) is 5.56 Å². The summed E-state index contributed by atoms with van der Waals surface area (Å²) in [6.45, 7) is 5.92. The largest absolute Gasteiger partial charge is 0.394 e. The molecular weight excluding hydrogens is 316 g/mol. The van der Waals surface area contributed by atoms with Gasteiger partial charge in [0.15, 0.2) is 0 Å². The van der Waals surface area contributed by atoms with Gasteiger partial charge in [-0.05, 0) is 50.3 Å². The van der Waals surface area contributed by atoms with Crippen molar-refractivity contribution >= 4 is 5.91 Å². The summed E-state index contributed by atoms with van der Waals surface area (Å²) in [7, 11) is 1.54. The molecule has 1 amide bonds. The number of methoxy groups -OCH3 is 1. The predicted molar refractivity (Wildman–Crippen MR) is 97.1 cm³/mol. The highest BCUT2D eigenvalue weighted by molar-refractivity contribution is 5.78. The molecule has 1 N–H and O–H groups in total. The second-order valence-electron chi connectivity index (χ2n) is 8.01. The summed E-state index contributed by atoms with van der Waals surface area (Å²) in [6.07, 6.45) is 3.03. The van der Waals surface area contributed by atoms with E-state index in [0.717, 1.165) is 45.4 Å². The van der Waals surface area contributed by atoms with Gasteiger partial charge < -0.3 is 14.7 Å². The standard InChI is InChI=1S/C20H30N2O3/c1-19(16-23)14-20(15-22(19)18(24)13-25-2)8-10-21(11-9-20)12-17-6-4-3-5-7-17/h3-7,23H,8-16H2,1-2H3. The minimum Gasteiger partial charge on any atom is -0.394 e.